The molecule has 8 heteroatoms. The molecule has 4 nitrogen and oxygen atoms in total. The van der Waals surface area contributed by atoms with E-state index in [1.807, 2.05) is 13.8 Å². The number of carbonyl (C=O) groups is 1. The van der Waals surface area contributed by atoms with Crippen LogP contribution in [-0.2, 0) is 11.0 Å². The van der Waals surface area contributed by atoms with Gasteiger partial charge in [0.05, 0.1) is 0 Å². The van der Waals surface area contributed by atoms with Crippen LogP contribution in [0.3, 0.4) is 0 Å². The van der Waals surface area contributed by atoms with E-state index < -0.39 is 16.7 Å². The normalized spacial score (nSPS) is 22.9. The Kier molecular flexibility index (Phi) is 4.25. The van der Waals surface area contributed by atoms with Crippen LogP contribution in [0.2, 0.25) is 0 Å². The monoisotopic (exact) mass is 332 g/mol. The fraction of sp³-hybridized carbons (Fsp3) is 0.500. The highest BCUT2D eigenvalue weighted by molar-refractivity contribution is 8.16. The molecular formula is C14H15F3N2O2S. The third kappa shape index (κ3) is 3.11. The van der Waals surface area contributed by atoms with E-state index in [1.165, 1.54) is 13.0 Å². The van der Waals surface area contributed by atoms with Crippen LogP contribution < -0.4 is 0 Å². The molecule has 1 atom stereocenters. The minimum atomic E-state index is -4.59. The van der Waals surface area contributed by atoms with Crippen molar-refractivity contribution in [1.82, 2.24) is 0 Å². The molecule has 22 heavy (non-hydrogen) atoms. The van der Waals surface area contributed by atoms with E-state index >= 15 is 0 Å². The number of hydrogen-bond donors (Lipinski definition) is 0. The van der Waals surface area contributed by atoms with Crippen molar-refractivity contribution in [1.29, 1.82) is 0 Å². The highest BCUT2D eigenvalue weighted by Crippen LogP contribution is 2.40. The molecule has 2 heterocycles. The SMILES string of the molecule is Cc1cc(/C=N/C2=NC(=O)C(C)(C(C)C)S2)c(C(F)(F)F)o1. The van der Waals surface area contributed by atoms with Gasteiger partial charge in [-0.15, -0.1) is 0 Å². The van der Waals surface area contributed by atoms with Gasteiger partial charge in [0.25, 0.3) is 5.91 Å². The Morgan fingerprint density at radius 2 is 2.09 bits per heavy atom. The van der Waals surface area contributed by atoms with Gasteiger partial charge in [-0.25, -0.2) is 4.99 Å². The summed E-state index contributed by atoms with van der Waals surface area (Å²) in [5.74, 6) is -1.25. The third-order valence-corrected chi connectivity index (χ3v) is 4.93. The molecule has 1 aromatic heterocycles. The Bertz CT molecular complexity index is 662. The van der Waals surface area contributed by atoms with Crippen LogP contribution in [-0.4, -0.2) is 22.0 Å². The van der Waals surface area contributed by atoms with Crippen LogP contribution in [0.1, 0.15) is 37.9 Å². The van der Waals surface area contributed by atoms with Gasteiger partial charge in [0, 0.05) is 11.8 Å². The summed E-state index contributed by atoms with van der Waals surface area (Å²) in [7, 11) is 0. The lowest BCUT2D eigenvalue weighted by Crippen LogP contribution is -2.33. The Morgan fingerprint density at radius 3 is 2.59 bits per heavy atom. The molecule has 1 aliphatic heterocycles. The third-order valence-electron chi connectivity index (χ3n) is 3.48. The first-order valence-corrected chi connectivity index (χ1v) is 7.39. The lowest BCUT2D eigenvalue weighted by molar-refractivity contribution is -0.153. The van der Waals surface area contributed by atoms with Crippen LogP contribution in [0.4, 0.5) is 13.2 Å². The maximum atomic E-state index is 12.8. The first kappa shape index (κ1) is 16.8. The van der Waals surface area contributed by atoms with Crippen molar-refractivity contribution in [3.63, 3.8) is 0 Å². The second-order valence-electron chi connectivity index (χ2n) is 5.46. The number of amidine groups is 1. The Morgan fingerprint density at radius 1 is 1.45 bits per heavy atom. The van der Waals surface area contributed by atoms with E-state index in [-0.39, 0.29) is 28.3 Å². The zero-order chi connectivity index (χ0) is 16.7. The van der Waals surface area contributed by atoms with Gasteiger partial charge in [-0.3, -0.25) is 4.79 Å². The number of thioether (sulfide) groups is 1. The Balaban J connectivity index is 2.25. The van der Waals surface area contributed by atoms with Crippen LogP contribution in [0.25, 0.3) is 0 Å². The highest BCUT2D eigenvalue weighted by Gasteiger charge is 2.43. The summed E-state index contributed by atoms with van der Waals surface area (Å²) in [5, 5.41) is 0.160. The van der Waals surface area contributed by atoms with Crippen molar-refractivity contribution in [2.75, 3.05) is 0 Å². The average molecular weight is 332 g/mol. The minimum absolute atomic E-state index is 0.0309. The van der Waals surface area contributed by atoms with E-state index in [1.54, 1.807) is 6.92 Å². The number of amides is 1. The summed E-state index contributed by atoms with van der Waals surface area (Å²) < 4.78 is 42.4. The average Bonchev–Trinajstić information content (AvgIpc) is 2.89. The lowest BCUT2D eigenvalue weighted by atomic mass is 9.96. The zero-order valence-electron chi connectivity index (χ0n) is 12.5. The minimum Gasteiger partial charge on any atom is -0.456 e. The van der Waals surface area contributed by atoms with Gasteiger partial charge in [-0.2, -0.15) is 18.2 Å². The van der Waals surface area contributed by atoms with Crippen molar-refractivity contribution in [2.24, 2.45) is 15.9 Å². The fourth-order valence-corrected chi connectivity index (χ4v) is 2.83. The Labute approximate surface area is 129 Å². The van der Waals surface area contributed by atoms with E-state index in [2.05, 4.69) is 14.4 Å². The molecule has 0 saturated heterocycles. The quantitative estimate of drug-likeness (QED) is 0.767. The maximum absolute atomic E-state index is 12.8. The molecule has 0 fully saturated rings. The van der Waals surface area contributed by atoms with Gasteiger partial charge in [0.15, 0.2) is 5.17 Å². The Hall–Kier alpha value is -1.57. The van der Waals surface area contributed by atoms with Gasteiger partial charge in [0.1, 0.15) is 10.5 Å². The van der Waals surface area contributed by atoms with Gasteiger partial charge < -0.3 is 4.42 Å². The van der Waals surface area contributed by atoms with Gasteiger partial charge in [0.2, 0.25) is 5.76 Å². The summed E-state index contributed by atoms with van der Waals surface area (Å²) in [6.45, 7) is 6.94. The first-order valence-electron chi connectivity index (χ1n) is 6.58. The van der Waals surface area contributed by atoms with E-state index in [0.717, 1.165) is 18.0 Å². The molecule has 0 radical (unpaired) electrons. The molecular weight excluding hydrogens is 317 g/mol. The number of alkyl halides is 3. The van der Waals surface area contributed by atoms with E-state index in [9.17, 15) is 18.0 Å². The number of carbonyl (C=O) groups excluding carboxylic acids is 1. The lowest BCUT2D eigenvalue weighted by Gasteiger charge is -2.23. The summed E-state index contributed by atoms with van der Waals surface area (Å²) in [6.07, 6.45) is -3.56. The molecule has 1 aromatic rings. The number of furan rings is 1. The van der Waals surface area contributed by atoms with Crippen molar-refractivity contribution in [3.05, 3.63) is 23.2 Å². The summed E-state index contributed by atoms with van der Waals surface area (Å²) in [4.78, 5) is 19.6. The summed E-state index contributed by atoms with van der Waals surface area (Å²) in [6, 6.07) is 1.25. The van der Waals surface area contributed by atoms with Gasteiger partial charge >= 0.3 is 6.18 Å². The molecule has 1 unspecified atom stereocenters. The number of rotatable bonds is 2. The number of nitrogens with zero attached hydrogens (tertiary/aromatic N) is 2. The number of aryl methyl sites for hydroxylation is 1. The molecule has 0 spiro atoms. The zero-order valence-corrected chi connectivity index (χ0v) is 13.3. The second kappa shape index (κ2) is 5.57. The van der Waals surface area contributed by atoms with Crippen molar-refractivity contribution >= 4 is 29.1 Å². The van der Waals surface area contributed by atoms with Crippen molar-refractivity contribution in [3.8, 4) is 0 Å². The first-order chi connectivity index (χ1) is 10.0. The highest BCUT2D eigenvalue weighted by atomic mass is 32.2. The molecule has 1 aliphatic rings. The number of aliphatic imine (C=N–C) groups is 2. The summed E-state index contributed by atoms with van der Waals surface area (Å²) in [5.41, 5.74) is -0.182. The number of hydrogen-bond acceptors (Lipinski definition) is 4. The van der Waals surface area contributed by atoms with Gasteiger partial charge in [-0.1, -0.05) is 25.6 Å². The molecule has 120 valence electrons. The van der Waals surface area contributed by atoms with Crippen molar-refractivity contribution < 1.29 is 22.4 Å². The second-order valence-corrected chi connectivity index (χ2v) is 6.88. The smallest absolute Gasteiger partial charge is 0.450 e. The largest absolute Gasteiger partial charge is 0.456 e. The van der Waals surface area contributed by atoms with E-state index in [4.69, 9.17) is 0 Å². The molecule has 0 saturated carbocycles. The standard InChI is InChI=1S/C14H15F3N2O2S/c1-7(2)13(4)11(20)19-12(22-13)18-6-9-5-8(3)21-10(9)14(15,16)17/h5-7H,1-4H3/b18-6+. The topological polar surface area (TPSA) is 54.9 Å². The molecule has 0 aliphatic carbocycles. The molecule has 1 amide bonds. The van der Waals surface area contributed by atoms with Crippen LogP contribution in [0.15, 0.2) is 20.5 Å². The van der Waals surface area contributed by atoms with Crippen LogP contribution in [0.5, 0.6) is 0 Å². The molecule has 2 rings (SSSR count). The van der Waals surface area contributed by atoms with E-state index in [0.29, 0.717) is 0 Å². The van der Waals surface area contributed by atoms with Crippen LogP contribution in [0, 0.1) is 12.8 Å². The molecule has 0 aromatic carbocycles. The molecule has 0 bridgehead atoms. The summed E-state index contributed by atoms with van der Waals surface area (Å²) >= 11 is 1.16. The maximum Gasteiger partial charge on any atom is 0.450 e. The fourth-order valence-electron chi connectivity index (χ4n) is 1.85. The predicted molar refractivity (Wildman–Crippen MR) is 79.3 cm³/mol. The number of halogens is 3. The molecule has 0 N–H and O–H groups in total. The predicted octanol–water partition coefficient (Wildman–Crippen LogP) is 4.07. The van der Waals surface area contributed by atoms with Gasteiger partial charge in [-0.05, 0) is 25.8 Å². The van der Waals surface area contributed by atoms with Crippen LogP contribution >= 0.6 is 11.8 Å². The van der Waals surface area contributed by atoms with Crippen molar-refractivity contribution in [2.45, 2.75) is 38.6 Å².